The molecule has 2 aromatic carbocycles. The summed E-state index contributed by atoms with van der Waals surface area (Å²) in [5.74, 6) is 0.120. The van der Waals surface area contributed by atoms with Crippen LogP contribution < -0.4 is 4.74 Å². The molecular weight excluding hydrogens is 247 g/mol. The highest BCUT2D eigenvalue weighted by atomic mass is 19.1. The molecule has 0 aliphatic heterocycles. The maximum atomic E-state index is 13.9. The Balaban J connectivity index is 2.60. The molecular formula is C15H13FO3. The fourth-order valence-electron chi connectivity index (χ4n) is 1.92. The van der Waals surface area contributed by atoms with Crippen LogP contribution >= 0.6 is 0 Å². The lowest BCUT2D eigenvalue weighted by molar-refractivity contribution is 0.112. The van der Waals surface area contributed by atoms with Crippen molar-refractivity contribution in [2.75, 3.05) is 7.11 Å². The Morgan fingerprint density at radius 2 is 2.00 bits per heavy atom. The second-order valence-corrected chi connectivity index (χ2v) is 4.04. The smallest absolute Gasteiger partial charge is 0.150 e. The summed E-state index contributed by atoms with van der Waals surface area (Å²) in [6.07, 6.45) is 0.685. The molecule has 0 aliphatic rings. The van der Waals surface area contributed by atoms with E-state index in [1.54, 1.807) is 24.3 Å². The van der Waals surface area contributed by atoms with Crippen molar-refractivity contribution in [3.8, 4) is 16.9 Å². The molecule has 0 saturated carbocycles. The molecule has 0 radical (unpaired) electrons. The third-order valence-electron chi connectivity index (χ3n) is 2.90. The van der Waals surface area contributed by atoms with Gasteiger partial charge in [0.05, 0.1) is 13.7 Å². The molecule has 19 heavy (non-hydrogen) atoms. The highest BCUT2D eigenvalue weighted by molar-refractivity contribution is 5.79. The second-order valence-electron chi connectivity index (χ2n) is 4.04. The van der Waals surface area contributed by atoms with Crippen LogP contribution in [0.4, 0.5) is 4.39 Å². The molecule has 0 saturated heterocycles. The number of hydrogen-bond donors (Lipinski definition) is 1. The molecule has 2 rings (SSSR count). The molecule has 3 nitrogen and oxygen atoms in total. The first-order valence-corrected chi connectivity index (χ1v) is 5.72. The molecule has 0 fully saturated rings. The predicted molar refractivity (Wildman–Crippen MR) is 69.7 cm³/mol. The Bertz CT molecular complexity index is 608. The molecule has 1 N–H and O–H groups in total. The quantitative estimate of drug-likeness (QED) is 0.860. The van der Waals surface area contributed by atoms with Crippen molar-refractivity contribution in [2.45, 2.75) is 6.61 Å². The Labute approximate surface area is 110 Å². The van der Waals surface area contributed by atoms with E-state index in [-0.39, 0.29) is 6.61 Å². The van der Waals surface area contributed by atoms with E-state index in [0.29, 0.717) is 34.3 Å². The van der Waals surface area contributed by atoms with Crippen LogP contribution in [0.25, 0.3) is 11.1 Å². The molecule has 0 spiro atoms. The predicted octanol–water partition coefficient (Wildman–Crippen LogP) is 2.81. The van der Waals surface area contributed by atoms with Crippen LogP contribution in [0.1, 0.15) is 15.9 Å². The summed E-state index contributed by atoms with van der Waals surface area (Å²) in [6.45, 7) is -0.270. The van der Waals surface area contributed by atoms with Crippen LogP contribution in [0.5, 0.6) is 5.75 Å². The first-order chi connectivity index (χ1) is 9.19. The molecule has 4 heteroatoms. The van der Waals surface area contributed by atoms with Crippen molar-refractivity contribution < 1.29 is 19.0 Å². The first-order valence-electron chi connectivity index (χ1n) is 5.72. The minimum absolute atomic E-state index is 0.270. The van der Waals surface area contributed by atoms with E-state index in [2.05, 4.69) is 0 Å². The standard InChI is InChI=1S/C15H13FO3/c1-19-12-3-5-15(16)14(7-12)13-4-2-10(8-17)6-11(13)9-18/h2-8,18H,9H2,1H3. The Hall–Kier alpha value is -2.20. The van der Waals surface area contributed by atoms with Crippen molar-refractivity contribution in [3.63, 3.8) is 0 Å². The van der Waals surface area contributed by atoms with Gasteiger partial charge in [-0.1, -0.05) is 12.1 Å². The number of aldehydes is 1. The number of benzene rings is 2. The second kappa shape index (κ2) is 5.63. The lowest BCUT2D eigenvalue weighted by Gasteiger charge is -2.11. The molecule has 98 valence electrons. The van der Waals surface area contributed by atoms with Crippen molar-refractivity contribution in [1.82, 2.24) is 0 Å². The van der Waals surface area contributed by atoms with Gasteiger partial charge in [0.1, 0.15) is 17.9 Å². The van der Waals surface area contributed by atoms with Crippen molar-refractivity contribution in [2.24, 2.45) is 0 Å². The fraction of sp³-hybridized carbons (Fsp3) is 0.133. The molecule has 2 aromatic rings. The van der Waals surface area contributed by atoms with E-state index < -0.39 is 5.82 Å². The highest BCUT2D eigenvalue weighted by Gasteiger charge is 2.11. The third-order valence-corrected chi connectivity index (χ3v) is 2.90. The van der Waals surface area contributed by atoms with Gasteiger partial charge in [-0.2, -0.15) is 0 Å². The molecule has 0 aliphatic carbocycles. The van der Waals surface area contributed by atoms with E-state index in [9.17, 15) is 14.3 Å². The summed E-state index contributed by atoms with van der Waals surface area (Å²) in [5.41, 5.74) is 1.82. The maximum absolute atomic E-state index is 13.9. The van der Waals surface area contributed by atoms with Gasteiger partial charge >= 0.3 is 0 Å². The zero-order chi connectivity index (χ0) is 13.8. The number of methoxy groups -OCH3 is 1. The highest BCUT2D eigenvalue weighted by Crippen LogP contribution is 2.30. The first kappa shape index (κ1) is 13.2. The number of carbonyl (C=O) groups is 1. The van der Waals surface area contributed by atoms with Crippen LogP contribution in [-0.2, 0) is 6.61 Å². The average molecular weight is 260 g/mol. The van der Waals surface area contributed by atoms with Crippen LogP contribution in [0.2, 0.25) is 0 Å². The number of aliphatic hydroxyl groups is 1. The van der Waals surface area contributed by atoms with Gasteiger partial charge in [-0.3, -0.25) is 4.79 Å². The van der Waals surface area contributed by atoms with Gasteiger partial charge in [0.15, 0.2) is 0 Å². The number of ether oxygens (including phenoxy) is 1. The number of carbonyl (C=O) groups excluding carboxylic acids is 1. The van der Waals surface area contributed by atoms with Crippen LogP contribution in [0.3, 0.4) is 0 Å². The van der Waals surface area contributed by atoms with Gasteiger partial charge in [-0.15, -0.1) is 0 Å². The topological polar surface area (TPSA) is 46.5 Å². The van der Waals surface area contributed by atoms with Crippen molar-refractivity contribution >= 4 is 6.29 Å². The SMILES string of the molecule is COc1ccc(F)c(-c2ccc(C=O)cc2CO)c1. The average Bonchev–Trinajstić information content (AvgIpc) is 2.47. The van der Waals surface area contributed by atoms with Gasteiger partial charge in [0, 0.05) is 11.1 Å². The molecule has 0 aromatic heterocycles. The molecule has 0 amide bonds. The van der Waals surface area contributed by atoms with Gasteiger partial charge in [0.25, 0.3) is 0 Å². The Morgan fingerprint density at radius 1 is 1.21 bits per heavy atom. The summed E-state index contributed by atoms with van der Waals surface area (Å²) in [7, 11) is 1.50. The molecule has 0 unspecified atom stereocenters. The number of rotatable bonds is 4. The Kier molecular flexibility index (Phi) is 3.92. The van der Waals surface area contributed by atoms with Gasteiger partial charge in [0.2, 0.25) is 0 Å². The minimum Gasteiger partial charge on any atom is -0.497 e. The molecule has 0 bridgehead atoms. The number of halogens is 1. The van der Waals surface area contributed by atoms with Crippen molar-refractivity contribution in [3.05, 3.63) is 53.3 Å². The summed E-state index contributed by atoms with van der Waals surface area (Å²) < 4.78 is 18.9. The summed E-state index contributed by atoms with van der Waals surface area (Å²) in [6, 6.07) is 9.14. The minimum atomic E-state index is -0.408. The lowest BCUT2D eigenvalue weighted by atomic mass is 9.97. The number of aliphatic hydroxyl groups excluding tert-OH is 1. The summed E-state index contributed by atoms with van der Waals surface area (Å²) in [4.78, 5) is 10.7. The van der Waals surface area contributed by atoms with Crippen LogP contribution in [-0.4, -0.2) is 18.5 Å². The van der Waals surface area contributed by atoms with E-state index in [1.165, 1.54) is 19.2 Å². The molecule has 0 atom stereocenters. The van der Waals surface area contributed by atoms with Gasteiger partial charge in [-0.05, 0) is 35.4 Å². The van der Waals surface area contributed by atoms with Crippen LogP contribution in [0.15, 0.2) is 36.4 Å². The normalized spacial score (nSPS) is 10.3. The van der Waals surface area contributed by atoms with E-state index in [1.807, 2.05) is 0 Å². The van der Waals surface area contributed by atoms with E-state index >= 15 is 0 Å². The summed E-state index contributed by atoms with van der Waals surface area (Å²) in [5, 5.41) is 9.35. The van der Waals surface area contributed by atoms with Gasteiger partial charge < -0.3 is 9.84 Å². The number of hydrogen-bond acceptors (Lipinski definition) is 3. The lowest BCUT2D eigenvalue weighted by Crippen LogP contribution is -1.95. The van der Waals surface area contributed by atoms with Gasteiger partial charge in [-0.25, -0.2) is 4.39 Å². The molecule has 0 heterocycles. The monoisotopic (exact) mass is 260 g/mol. The Morgan fingerprint density at radius 3 is 2.63 bits per heavy atom. The zero-order valence-corrected chi connectivity index (χ0v) is 10.4. The van der Waals surface area contributed by atoms with Crippen LogP contribution in [0, 0.1) is 5.82 Å². The maximum Gasteiger partial charge on any atom is 0.150 e. The van der Waals surface area contributed by atoms with Crippen molar-refractivity contribution in [1.29, 1.82) is 0 Å². The zero-order valence-electron chi connectivity index (χ0n) is 10.4. The van der Waals surface area contributed by atoms with E-state index in [0.717, 1.165) is 0 Å². The fourth-order valence-corrected chi connectivity index (χ4v) is 1.92. The largest absolute Gasteiger partial charge is 0.497 e. The summed E-state index contributed by atoms with van der Waals surface area (Å²) >= 11 is 0. The van der Waals surface area contributed by atoms with E-state index in [4.69, 9.17) is 4.74 Å². The third kappa shape index (κ3) is 2.63.